The summed E-state index contributed by atoms with van der Waals surface area (Å²) in [5, 5.41) is 0. The van der Waals surface area contributed by atoms with Crippen LogP contribution in [0.1, 0.15) is 0 Å². The molecule has 2 amide bonds. The first-order chi connectivity index (χ1) is 8.49. The smallest absolute Gasteiger partial charge is 0.281 e. The van der Waals surface area contributed by atoms with E-state index in [9.17, 15) is 14.0 Å². The first-order valence-corrected chi connectivity index (χ1v) is 5.55. The zero-order chi connectivity index (χ0) is 13.5. The van der Waals surface area contributed by atoms with E-state index in [1.165, 1.54) is 18.2 Å². The highest BCUT2D eigenvalue weighted by Crippen LogP contribution is 2.25. The summed E-state index contributed by atoms with van der Waals surface area (Å²) in [6, 6.07) is 3.77. The standard InChI is InChI=1S/C10H10BrFN2O4/c11-7-3-6(12)1-2-8(7)17-5-10(16)14-18-4-9(13)15/h1-3H,4-5H2,(H2,13,15)(H,14,16). The number of nitrogens with one attached hydrogen (secondary N) is 1. The minimum atomic E-state index is -0.711. The fraction of sp³-hybridized carbons (Fsp3) is 0.200. The molecule has 0 aromatic heterocycles. The predicted octanol–water partition coefficient (Wildman–Crippen LogP) is 0.500. The molecule has 0 saturated carbocycles. The van der Waals surface area contributed by atoms with E-state index in [-0.39, 0.29) is 6.61 Å². The lowest BCUT2D eigenvalue weighted by Gasteiger charge is -2.08. The van der Waals surface area contributed by atoms with Crippen LogP contribution in [0.15, 0.2) is 22.7 Å². The molecule has 0 unspecified atom stereocenters. The third-order valence-corrected chi connectivity index (χ3v) is 2.27. The van der Waals surface area contributed by atoms with Crippen LogP contribution in [-0.2, 0) is 14.4 Å². The quantitative estimate of drug-likeness (QED) is 0.747. The Morgan fingerprint density at radius 3 is 2.72 bits per heavy atom. The minimum Gasteiger partial charge on any atom is -0.483 e. The molecular weight excluding hydrogens is 311 g/mol. The predicted molar refractivity (Wildman–Crippen MR) is 62.9 cm³/mol. The zero-order valence-corrected chi connectivity index (χ0v) is 10.7. The molecule has 3 N–H and O–H groups in total. The molecule has 0 aliphatic rings. The summed E-state index contributed by atoms with van der Waals surface area (Å²) in [5.74, 6) is -1.44. The average Bonchev–Trinajstić information content (AvgIpc) is 2.27. The van der Waals surface area contributed by atoms with Crippen molar-refractivity contribution < 1.29 is 23.6 Å². The molecule has 0 atom stereocenters. The Labute approximate surface area is 110 Å². The van der Waals surface area contributed by atoms with Crippen LogP contribution >= 0.6 is 15.9 Å². The number of carbonyl (C=O) groups excluding carboxylic acids is 2. The summed E-state index contributed by atoms with van der Waals surface area (Å²) in [5.41, 5.74) is 6.75. The number of primary amides is 1. The number of halogens is 2. The van der Waals surface area contributed by atoms with Crippen LogP contribution in [0.4, 0.5) is 4.39 Å². The lowest BCUT2D eigenvalue weighted by atomic mass is 10.3. The van der Waals surface area contributed by atoms with Crippen LogP contribution in [0.2, 0.25) is 0 Å². The van der Waals surface area contributed by atoms with Gasteiger partial charge in [-0.25, -0.2) is 9.87 Å². The molecule has 0 aliphatic heterocycles. The van der Waals surface area contributed by atoms with E-state index in [2.05, 4.69) is 20.8 Å². The largest absolute Gasteiger partial charge is 0.483 e. The molecule has 0 radical (unpaired) electrons. The van der Waals surface area contributed by atoms with Gasteiger partial charge in [-0.1, -0.05) is 0 Å². The molecule has 1 aromatic rings. The first kappa shape index (κ1) is 14.4. The van der Waals surface area contributed by atoms with Crippen molar-refractivity contribution in [1.29, 1.82) is 0 Å². The van der Waals surface area contributed by atoms with Gasteiger partial charge in [0, 0.05) is 0 Å². The van der Waals surface area contributed by atoms with Crippen molar-refractivity contribution in [2.75, 3.05) is 13.2 Å². The van der Waals surface area contributed by atoms with Crippen LogP contribution in [0.5, 0.6) is 5.75 Å². The molecule has 8 heteroatoms. The summed E-state index contributed by atoms with van der Waals surface area (Å²) < 4.78 is 18.2. The molecule has 0 saturated heterocycles. The maximum Gasteiger partial charge on any atom is 0.281 e. The SMILES string of the molecule is NC(=O)CONC(=O)COc1ccc(F)cc1Br. The van der Waals surface area contributed by atoms with Crippen LogP contribution in [0, 0.1) is 5.82 Å². The highest BCUT2D eigenvalue weighted by Gasteiger charge is 2.07. The van der Waals surface area contributed by atoms with Gasteiger partial charge in [0.2, 0.25) is 5.91 Å². The van der Waals surface area contributed by atoms with Gasteiger partial charge >= 0.3 is 0 Å². The molecule has 0 aliphatic carbocycles. The van der Waals surface area contributed by atoms with E-state index in [0.29, 0.717) is 10.2 Å². The van der Waals surface area contributed by atoms with Gasteiger partial charge in [0.05, 0.1) is 4.47 Å². The Morgan fingerprint density at radius 2 is 2.11 bits per heavy atom. The Bertz CT molecular complexity index is 456. The molecule has 0 heterocycles. The normalized spacial score (nSPS) is 9.89. The molecule has 6 nitrogen and oxygen atoms in total. The summed E-state index contributed by atoms with van der Waals surface area (Å²) >= 11 is 3.08. The van der Waals surface area contributed by atoms with Crippen LogP contribution in [-0.4, -0.2) is 25.0 Å². The minimum absolute atomic E-state index is 0.307. The third kappa shape index (κ3) is 5.11. The number of hydrogen-bond acceptors (Lipinski definition) is 4. The summed E-state index contributed by atoms with van der Waals surface area (Å²) in [4.78, 5) is 26.0. The van der Waals surface area contributed by atoms with Crippen LogP contribution in [0.25, 0.3) is 0 Å². The number of nitrogens with two attached hydrogens (primary N) is 1. The van der Waals surface area contributed by atoms with Gasteiger partial charge in [0.15, 0.2) is 13.2 Å². The second-order valence-corrected chi connectivity index (χ2v) is 4.00. The van der Waals surface area contributed by atoms with Gasteiger partial charge in [-0.15, -0.1) is 0 Å². The van der Waals surface area contributed by atoms with Gasteiger partial charge in [0.1, 0.15) is 11.6 Å². The number of hydrogen-bond donors (Lipinski definition) is 2. The number of benzene rings is 1. The molecule has 1 aromatic carbocycles. The lowest BCUT2D eigenvalue weighted by molar-refractivity contribution is -0.139. The van der Waals surface area contributed by atoms with E-state index in [1.54, 1.807) is 0 Å². The highest BCUT2D eigenvalue weighted by molar-refractivity contribution is 9.10. The van der Waals surface area contributed by atoms with E-state index < -0.39 is 24.2 Å². The molecular formula is C10H10BrFN2O4. The van der Waals surface area contributed by atoms with Gasteiger partial charge in [-0.2, -0.15) is 0 Å². The highest BCUT2D eigenvalue weighted by atomic mass is 79.9. The molecule has 1 rings (SSSR count). The second-order valence-electron chi connectivity index (χ2n) is 3.14. The number of carbonyl (C=O) groups is 2. The maximum atomic E-state index is 12.8. The average molecular weight is 321 g/mol. The Hall–Kier alpha value is -1.67. The summed E-state index contributed by atoms with van der Waals surface area (Å²) in [6.07, 6.45) is 0. The van der Waals surface area contributed by atoms with Crippen LogP contribution < -0.4 is 16.0 Å². The van der Waals surface area contributed by atoms with Gasteiger partial charge < -0.3 is 10.5 Å². The van der Waals surface area contributed by atoms with Crippen LogP contribution in [0.3, 0.4) is 0 Å². The van der Waals surface area contributed by atoms with E-state index in [4.69, 9.17) is 10.5 Å². The first-order valence-electron chi connectivity index (χ1n) is 4.76. The number of hydroxylamine groups is 1. The molecule has 0 spiro atoms. The molecule has 98 valence electrons. The fourth-order valence-corrected chi connectivity index (χ4v) is 1.42. The van der Waals surface area contributed by atoms with E-state index in [0.717, 1.165) is 0 Å². The van der Waals surface area contributed by atoms with Crippen molar-refractivity contribution in [2.45, 2.75) is 0 Å². The third-order valence-electron chi connectivity index (χ3n) is 1.65. The molecule has 0 fully saturated rings. The van der Waals surface area contributed by atoms with E-state index in [1.807, 2.05) is 5.48 Å². The van der Waals surface area contributed by atoms with Crippen molar-refractivity contribution >= 4 is 27.7 Å². The van der Waals surface area contributed by atoms with Crippen molar-refractivity contribution in [3.05, 3.63) is 28.5 Å². The van der Waals surface area contributed by atoms with Gasteiger partial charge in [0.25, 0.3) is 5.91 Å². The van der Waals surface area contributed by atoms with Crippen molar-refractivity contribution in [3.8, 4) is 5.75 Å². The van der Waals surface area contributed by atoms with Crippen molar-refractivity contribution in [2.24, 2.45) is 5.73 Å². The number of rotatable bonds is 6. The monoisotopic (exact) mass is 320 g/mol. The van der Waals surface area contributed by atoms with Crippen molar-refractivity contribution in [3.63, 3.8) is 0 Å². The Morgan fingerprint density at radius 1 is 1.39 bits per heavy atom. The summed E-state index contributed by atoms with van der Waals surface area (Å²) in [7, 11) is 0. The Balaban J connectivity index is 2.36. The number of amides is 2. The lowest BCUT2D eigenvalue weighted by Crippen LogP contribution is -2.32. The maximum absolute atomic E-state index is 12.8. The molecule has 18 heavy (non-hydrogen) atoms. The Kier molecular flexibility index (Phi) is 5.53. The number of ether oxygens (including phenoxy) is 1. The molecule has 0 bridgehead atoms. The van der Waals surface area contributed by atoms with E-state index >= 15 is 0 Å². The zero-order valence-electron chi connectivity index (χ0n) is 9.11. The van der Waals surface area contributed by atoms with Crippen molar-refractivity contribution in [1.82, 2.24) is 5.48 Å². The second kappa shape index (κ2) is 6.92. The van der Waals surface area contributed by atoms with Gasteiger partial charge in [-0.05, 0) is 34.1 Å². The summed E-state index contributed by atoms with van der Waals surface area (Å²) in [6.45, 7) is -0.769. The fourth-order valence-electron chi connectivity index (χ4n) is 0.953. The topological polar surface area (TPSA) is 90.7 Å². The van der Waals surface area contributed by atoms with Gasteiger partial charge in [-0.3, -0.25) is 14.4 Å².